The molecule has 6 unspecified atom stereocenters. The van der Waals surface area contributed by atoms with Gasteiger partial charge in [0.25, 0.3) is 0 Å². The Morgan fingerprint density at radius 1 is 0.683 bits per heavy atom. The van der Waals surface area contributed by atoms with Crippen LogP contribution in [0.2, 0.25) is 0 Å². The third-order valence-electron chi connectivity index (χ3n) is 7.77. The average Bonchev–Trinajstić information content (AvgIpc) is 2.97. The van der Waals surface area contributed by atoms with E-state index in [0.29, 0.717) is 13.0 Å². The Bertz CT molecular complexity index is 604. The van der Waals surface area contributed by atoms with E-state index in [-0.39, 0.29) is 19.2 Å². The van der Waals surface area contributed by atoms with E-state index in [1.54, 1.807) is 0 Å². The van der Waals surface area contributed by atoms with Gasteiger partial charge in [0.1, 0.15) is 30.5 Å². The van der Waals surface area contributed by atoms with Crippen molar-refractivity contribution >= 4 is 5.97 Å². The lowest BCUT2D eigenvalue weighted by Crippen LogP contribution is -2.59. The molecule has 9 heteroatoms. The number of aliphatic hydroxyl groups is 4. The topological polar surface area (TPSA) is 135 Å². The second kappa shape index (κ2) is 25.7. The van der Waals surface area contributed by atoms with Crippen molar-refractivity contribution in [1.82, 2.24) is 0 Å². The van der Waals surface area contributed by atoms with Gasteiger partial charge in [-0.15, -0.1) is 0 Å². The van der Waals surface area contributed by atoms with Gasteiger partial charge in [-0.05, 0) is 12.8 Å². The van der Waals surface area contributed by atoms with Crippen LogP contribution in [0.1, 0.15) is 136 Å². The van der Waals surface area contributed by atoms with Gasteiger partial charge >= 0.3 is 5.97 Å². The highest BCUT2D eigenvalue weighted by molar-refractivity contribution is 5.69. The van der Waals surface area contributed by atoms with Crippen LogP contribution in [-0.2, 0) is 23.7 Å². The summed E-state index contributed by atoms with van der Waals surface area (Å²) in [6.45, 7) is 4.46. The maximum Gasteiger partial charge on any atom is 0.306 e. The smallest absolute Gasteiger partial charge is 0.306 e. The number of carbonyl (C=O) groups excluding carboxylic acids is 1. The molecule has 41 heavy (non-hydrogen) atoms. The van der Waals surface area contributed by atoms with E-state index in [1.807, 2.05) is 0 Å². The number of esters is 1. The molecule has 1 aliphatic heterocycles. The molecular weight excluding hydrogens is 528 g/mol. The molecule has 4 N–H and O–H groups in total. The molecule has 0 bridgehead atoms. The van der Waals surface area contributed by atoms with Crippen molar-refractivity contribution in [2.75, 3.05) is 26.4 Å². The quantitative estimate of drug-likeness (QED) is 0.0754. The molecule has 1 fully saturated rings. The second-order valence-corrected chi connectivity index (χ2v) is 11.6. The van der Waals surface area contributed by atoms with E-state index in [1.165, 1.54) is 70.6 Å². The molecule has 0 aliphatic carbocycles. The van der Waals surface area contributed by atoms with Crippen molar-refractivity contribution in [2.24, 2.45) is 0 Å². The monoisotopic (exact) mass is 590 g/mol. The Labute approximate surface area is 249 Å². The standard InChI is InChI=1S/C32H62O9/c1-3-5-7-9-10-11-12-13-14-15-16-18-20-22-38-24-26(40-28(34)21-19-17-8-6-4-2)25-39-32-31(37)30(36)29(35)27(23-33)41-32/h26-27,29-33,35-37H,3-25H2,1-2H3. The number of ether oxygens (including phenoxy) is 4. The van der Waals surface area contributed by atoms with Crippen molar-refractivity contribution in [3.05, 3.63) is 0 Å². The molecular formula is C32H62O9. The molecule has 1 rings (SSSR count). The largest absolute Gasteiger partial charge is 0.457 e. The highest BCUT2D eigenvalue weighted by atomic mass is 16.7. The van der Waals surface area contributed by atoms with E-state index < -0.39 is 43.4 Å². The third kappa shape index (κ3) is 18.5. The molecule has 244 valence electrons. The van der Waals surface area contributed by atoms with E-state index in [9.17, 15) is 25.2 Å². The molecule has 0 radical (unpaired) electrons. The van der Waals surface area contributed by atoms with Crippen LogP contribution < -0.4 is 0 Å². The van der Waals surface area contributed by atoms with Crippen molar-refractivity contribution in [3.8, 4) is 0 Å². The zero-order valence-corrected chi connectivity index (χ0v) is 26.1. The SMILES string of the molecule is CCCCCCCCCCCCCCCOCC(COC1OC(CO)C(O)C(O)C1O)OC(=O)CCCCCCC. The van der Waals surface area contributed by atoms with Crippen molar-refractivity contribution in [3.63, 3.8) is 0 Å². The second-order valence-electron chi connectivity index (χ2n) is 11.6. The minimum atomic E-state index is -1.53. The first kappa shape index (κ1) is 38.2. The highest BCUT2D eigenvalue weighted by Crippen LogP contribution is 2.22. The van der Waals surface area contributed by atoms with Gasteiger partial charge in [0.2, 0.25) is 0 Å². The number of unbranched alkanes of at least 4 members (excludes halogenated alkanes) is 16. The van der Waals surface area contributed by atoms with Crippen molar-refractivity contribution < 1.29 is 44.2 Å². The third-order valence-corrected chi connectivity index (χ3v) is 7.77. The fourth-order valence-corrected chi connectivity index (χ4v) is 5.08. The Kier molecular flexibility index (Phi) is 23.9. The Morgan fingerprint density at radius 3 is 1.73 bits per heavy atom. The lowest BCUT2D eigenvalue weighted by Gasteiger charge is -2.39. The predicted molar refractivity (Wildman–Crippen MR) is 159 cm³/mol. The molecule has 0 aromatic carbocycles. The molecule has 0 saturated carbocycles. The van der Waals surface area contributed by atoms with Crippen molar-refractivity contribution in [1.29, 1.82) is 0 Å². The molecule has 9 nitrogen and oxygen atoms in total. The van der Waals surface area contributed by atoms with Gasteiger partial charge < -0.3 is 39.4 Å². The number of hydrogen-bond donors (Lipinski definition) is 4. The fraction of sp³-hybridized carbons (Fsp3) is 0.969. The van der Waals surface area contributed by atoms with Crippen LogP contribution in [0.15, 0.2) is 0 Å². The first-order valence-corrected chi connectivity index (χ1v) is 16.6. The van der Waals surface area contributed by atoms with Crippen LogP contribution in [0.3, 0.4) is 0 Å². The van der Waals surface area contributed by atoms with Gasteiger partial charge in [0, 0.05) is 13.0 Å². The molecule has 0 aromatic rings. The maximum atomic E-state index is 12.4. The van der Waals surface area contributed by atoms with Crippen LogP contribution >= 0.6 is 0 Å². The number of carbonyl (C=O) groups is 1. The minimum absolute atomic E-state index is 0.108. The average molecular weight is 591 g/mol. The molecule has 6 atom stereocenters. The molecule has 0 amide bonds. The van der Waals surface area contributed by atoms with Gasteiger partial charge in [-0.3, -0.25) is 4.79 Å². The Morgan fingerprint density at radius 2 is 1.20 bits per heavy atom. The summed E-state index contributed by atoms with van der Waals surface area (Å²) in [6.07, 6.45) is 14.5. The summed E-state index contributed by atoms with van der Waals surface area (Å²) < 4.78 is 22.5. The zero-order valence-electron chi connectivity index (χ0n) is 26.1. The summed E-state index contributed by atoms with van der Waals surface area (Å²) >= 11 is 0. The van der Waals surface area contributed by atoms with E-state index >= 15 is 0 Å². The molecule has 1 heterocycles. The van der Waals surface area contributed by atoms with E-state index in [4.69, 9.17) is 18.9 Å². The molecule has 1 aliphatic rings. The first-order valence-electron chi connectivity index (χ1n) is 16.6. The van der Waals surface area contributed by atoms with E-state index in [2.05, 4.69) is 13.8 Å². The molecule has 0 aromatic heterocycles. The van der Waals surface area contributed by atoms with Crippen LogP contribution in [0, 0.1) is 0 Å². The normalized spacial score (nSPS) is 23.5. The molecule has 0 spiro atoms. The van der Waals surface area contributed by atoms with Gasteiger partial charge in [-0.2, -0.15) is 0 Å². The van der Waals surface area contributed by atoms with Crippen LogP contribution in [-0.4, -0.2) is 89.6 Å². The first-order chi connectivity index (χ1) is 19.9. The van der Waals surface area contributed by atoms with Gasteiger partial charge in [0.05, 0.1) is 19.8 Å². The van der Waals surface area contributed by atoms with Gasteiger partial charge in [-0.1, -0.05) is 117 Å². The molecule has 1 saturated heterocycles. The van der Waals surface area contributed by atoms with E-state index in [0.717, 1.165) is 44.9 Å². The summed E-state index contributed by atoms with van der Waals surface area (Å²) in [5.41, 5.74) is 0. The number of rotatable bonds is 27. The highest BCUT2D eigenvalue weighted by Gasteiger charge is 2.44. The number of aliphatic hydroxyl groups excluding tert-OH is 4. The van der Waals surface area contributed by atoms with Crippen LogP contribution in [0.25, 0.3) is 0 Å². The summed E-state index contributed by atoms with van der Waals surface area (Å²) in [6, 6.07) is 0. The summed E-state index contributed by atoms with van der Waals surface area (Å²) in [5, 5.41) is 39.6. The number of hydrogen-bond acceptors (Lipinski definition) is 9. The summed E-state index contributed by atoms with van der Waals surface area (Å²) in [7, 11) is 0. The van der Waals surface area contributed by atoms with Gasteiger partial charge in [-0.25, -0.2) is 0 Å². The van der Waals surface area contributed by atoms with Crippen LogP contribution in [0.5, 0.6) is 0 Å². The van der Waals surface area contributed by atoms with Gasteiger partial charge in [0.15, 0.2) is 6.29 Å². The summed E-state index contributed by atoms with van der Waals surface area (Å²) in [5.74, 6) is -0.325. The summed E-state index contributed by atoms with van der Waals surface area (Å²) in [4.78, 5) is 12.4. The van der Waals surface area contributed by atoms with Crippen LogP contribution in [0.4, 0.5) is 0 Å². The zero-order chi connectivity index (χ0) is 30.1. The van der Waals surface area contributed by atoms with Crippen molar-refractivity contribution in [2.45, 2.75) is 173 Å². The predicted octanol–water partition coefficient (Wildman–Crippen LogP) is 5.18. The lowest BCUT2D eigenvalue weighted by atomic mass is 9.99. The maximum absolute atomic E-state index is 12.4. The fourth-order valence-electron chi connectivity index (χ4n) is 5.08. The Hall–Kier alpha value is -0.810. The minimum Gasteiger partial charge on any atom is -0.457 e. The Balaban J connectivity index is 2.31. The lowest BCUT2D eigenvalue weighted by molar-refractivity contribution is -0.305.